The summed E-state index contributed by atoms with van der Waals surface area (Å²) < 4.78 is 25.8. The fraction of sp³-hybridized carbons (Fsp3) is 0.909. The van der Waals surface area contributed by atoms with E-state index in [0.29, 0.717) is 19.3 Å². The lowest BCUT2D eigenvalue weighted by Gasteiger charge is -2.34. The number of halogens is 2. The van der Waals surface area contributed by atoms with Gasteiger partial charge in [0.1, 0.15) is 6.29 Å². The van der Waals surface area contributed by atoms with Gasteiger partial charge in [-0.15, -0.1) is 0 Å². The number of nitrogens with zero attached hydrogens (tertiary/aromatic N) is 1. The molecule has 15 heavy (non-hydrogen) atoms. The fourth-order valence-electron chi connectivity index (χ4n) is 2.07. The van der Waals surface area contributed by atoms with Crippen molar-refractivity contribution in [2.75, 3.05) is 13.6 Å². The maximum absolute atomic E-state index is 12.9. The topological polar surface area (TPSA) is 20.3 Å². The molecule has 88 valence electrons. The van der Waals surface area contributed by atoms with Crippen molar-refractivity contribution in [2.45, 2.75) is 50.5 Å². The summed E-state index contributed by atoms with van der Waals surface area (Å²) in [5.74, 6) is -2.44. The van der Waals surface area contributed by atoms with Gasteiger partial charge in [-0.2, -0.15) is 0 Å². The molecule has 0 amide bonds. The normalized spacial score (nSPS) is 21.9. The number of hydrogen-bond acceptors (Lipinski definition) is 2. The number of aldehydes is 1. The number of rotatable bonds is 5. The van der Waals surface area contributed by atoms with Crippen molar-refractivity contribution in [2.24, 2.45) is 0 Å². The van der Waals surface area contributed by atoms with Crippen molar-refractivity contribution in [3.63, 3.8) is 0 Å². The van der Waals surface area contributed by atoms with E-state index < -0.39 is 5.92 Å². The van der Waals surface area contributed by atoms with Gasteiger partial charge in [0.15, 0.2) is 0 Å². The molecule has 0 bridgehead atoms. The van der Waals surface area contributed by atoms with Crippen molar-refractivity contribution in [3.05, 3.63) is 0 Å². The van der Waals surface area contributed by atoms with Gasteiger partial charge in [0.2, 0.25) is 5.92 Å². The third kappa shape index (κ3) is 4.24. The van der Waals surface area contributed by atoms with Crippen molar-refractivity contribution in [3.8, 4) is 0 Å². The van der Waals surface area contributed by atoms with E-state index in [1.165, 1.54) is 0 Å². The highest BCUT2D eigenvalue weighted by Gasteiger charge is 2.35. The third-order valence-electron chi connectivity index (χ3n) is 3.14. The first-order chi connectivity index (χ1) is 7.05. The summed E-state index contributed by atoms with van der Waals surface area (Å²) in [6.45, 7) is 0.828. The van der Waals surface area contributed by atoms with Crippen LogP contribution in [0.15, 0.2) is 0 Å². The largest absolute Gasteiger partial charge is 0.303 e. The van der Waals surface area contributed by atoms with E-state index in [-0.39, 0.29) is 18.9 Å². The van der Waals surface area contributed by atoms with E-state index in [1.807, 2.05) is 7.05 Å². The molecule has 0 saturated heterocycles. The van der Waals surface area contributed by atoms with Crippen LogP contribution in [-0.2, 0) is 4.79 Å². The van der Waals surface area contributed by atoms with Crippen LogP contribution in [0.5, 0.6) is 0 Å². The second-order valence-electron chi connectivity index (χ2n) is 4.38. The summed E-state index contributed by atoms with van der Waals surface area (Å²) >= 11 is 0. The molecule has 0 aromatic rings. The van der Waals surface area contributed by atoms with Crippen molar-refractivity contribution < 1.29 is 13.6 Å². The molecule has 0 N–H and O–H groups in total. The van der Waals surface area contributed by atoms with Gasteiger partial charge < -0.3 is 9.69 Å². The average Bonchev–Trinajstić information content (AvgIpc) is 2.18. The minimum Gasteiger partial charge on any atom is -0.303 e. The second-order valence-corrected chi connectivity index (χ2v) is 4.38. The van der Waals surface area contributed by atoms with Crippen molar-refractivity contribution in [1.29, 1.82) is 0 Å². The van der Waals surface area contributed by atoms with Crippen LogP contribution in [0, 0.1) is 0 Å². The Morgan fingerprint density at radius 3 is 2.53 bits per heavy atom. The Kier molecular flexibility index (Phi) is 4.64. The van der Waals surface area contributed by atoms with Crippen LogP contribution in [0.1, 0.15) is 38.5 Å². The van der Waals surface area contributed by atoms with Crippen LogP contribution in [0.2, 0.25) is 0 Å². The number of carbonyl (C=O) groups is 1. The quantitative estimate of drug-likeness (QED) is 0.523. The number of unbranched alkanes of at least 4 members (excludes halogenated alkanes) is 1. The molecule has 1 rings (SSSR count). The highest BCUT2D eigenvalue weighted by atomic mass is 19.3. The Bertz CT molecular complexity index is 199. The first-order valence-corrected chi connectivity index (χ1v) is 5.57. The predicted octanol–water partition coefficient (Wildman–Crippen LogP) is 2.48. The lowest BCUT2D eigenvalue weighted by Crippen LogP contribution is -2.38. The minimum atomic E-state index is -2.44. The third-order valence-corrected chi connectivity index (χ3v) is 3.14. The lowest BCUT2D eigenvalue weighted by molar-refractivity contribution is -0.108. The molecule has 0 unspecified atom stereocenters. The molecule has 0 aromatic carbocycles. The number of hydrogen-bond donors (Lipinski definition) is 0. The summed E-state index contributed by atoms with van der Waals surface area (Å²) in [5.41, 5.74) is 0. The Balaban J connectivity index is 2.23. The first kappa shape index (κ1) is 12.6. The average molecular weight is 219 g/mol. The van der Waals surface area contributed by atoms with Crippen LogP contribution < -0.4 is 0 Å². The molecule has 2 nitrogen and oxygen atoms in total. The zero-order valence-corrected chi connectivity index (χ0v) is 9.22. The number of carbonyl (C=O) groups excluding carboxylic acids is 1. The van der Waals surface area contributed by atoms with Gasteiger partial charge >= 0.3 is 0 Å². The van der Waals surface area contributed by atoms with E-state index in [9.17, 15) is 13.6 Å². The molecule has 1 fully saturated rings. The SMILES string of the molecule is CN(CCCC=O)C1CCC(F)(F)CC1. The van der Waals surface area contributed by atoms with Crippen LogP contribution in [0.3, 0.4) is 0 Å². The highest BCUT2D eigenvalue weighted by molar-refractivity contribution is 5.48. The van der Waals surface area contributed by atoms with Crippen LogP contribution >= 0.6 is 0 Å². The highest BCUT2D eigenvalue weighted by Crippen LogP contribution is 2.34. The molecule has 1 saturated carbocycles. The molecule has 1 aliphatic carbocycles. The van der Waals surface area contributed by atoms with E-state index in [4.69, 9.17) is 0 Å². The molecule has 0 aromatic heterocycles. The molecule has 1 aliphatic rings. The van der Waals surface area contributed by atoms with Crippen LogP contribution in [-0.4, -0.2) is 36.7 Å². The van der Waals surface area contributed by atoms with Gasteiger partial charge in [-0.25, -0.2) is 8.78 Å². The molecular weight excluding hydrogens is 200 g/mol. The van der Waals surface area contributed by atoms with Crippen LogP contribution in [0.4, 0.5) is 8.78 Å². The number of alkyl halides is 2. The Morgan fingerprint density at radius 1 is 1.40 bits per heavy atom. The van der Waals surface area contributed by atoms with Crippen LogP contribution in [0.25, 0.3) is 0 Å². The second kappa shape index (κ2) is 5.54. The molecular formula is C11H19F2NO. The maximum Gasteiger partial charge on any atom is 0.248 e. The molecule has 4 heteroatoms. The maximum atomic E-state index is 12.9. The Morgan fingerprint density at radius 2 is 2.00 bits per heavy atom. The molecule has 0 aliphatic heterocycles. The van der Waals surface area contributed by atoms with Crippen molar-refractivity contribution >= 4 is 6.29 Å². The van der Waals surface area contributed by atoms with Gasteiger partial charge in [-0.05, 0) is 32.9 Å². The van der Waals surface area contributed by atoms with Crippen molar-refractivity contribution in [1.82, 2.24) is 4.90 Å². The summed E-state index contributed by atoms with van der Waals surface area (Å²) in [4.78, 5) is 12.2. The zero-order chi connectivity index (χ0) is 11.3. The van der Waals surface area contributed by atoms with Gasteiger partial charge in [0, 0.05) is 25.3 Å². The molecule has 0 heterocycles. The minimum absolute atomic E-state index is 0.00961. The molecule has 0 radical (unpaired) electrons. The summed E-state index contributed by atoms with van der Waals surface area (Å²) in [6, 6.07) is 0.274. The van der Waals surface area contributed by atoms with E-state index >= 15 is 0 Å². The predicted molar refractivity (Wildman–Crippen MR) is 55.1 cm³/mol. The smallest absolute Gasteiger partial charge is 0.248 e. The van der Waals surface area contributed by atoms with Gasteiger partial charge in [-0.1, -0.05) is 0 Å². The van der Waals surface area contributed by atoms with E-state index in [1.54, 1.807) is 0 Å². The molecule has 0 atom stereocenters. The standard InChI is InChI=1S/C11H19F2NO/c1-14(8-2-3-9-15)10-4-6-11(12,13)7-5-10/h9-10H,2-8H2,1H3. The fourth-order valence-corrected chi connectivity index (χ4v) is 2.07. The Labute approximate surface area is 89.6 Å². The summed E-state index contributed by atoms with van der Waals surface area (Å²) in [7, 11) is 1.96. The summed E-state index contributed by atoms with van der Waals surface area (Å²) in [5, 5.41) is 0. The van der Waals surface area contributed by atoms with Gasteiger partial charge in [0.05, 0.1) is 0 Å². The zero-order valence-electron chi connectivity index (χ0n) is 9.22. The van der Waals surface area contributed by atoms with Gasteiger partial charge in [0.25, 0.3) is 0 Å². The van der Waals surface area contributed by atoms with E-state index in [2.05, 4.69) is 4.90 Å². The van der Waals surface area contributed by atoms with Gasteiger partial charge in [-0.3, -0.25) is 0 Å². The monoisotopic (exact) mass is 219 g/mol. The van der Waals surface area contributed by atoms with E-state index in [0.717, 1.165) is 19.3 Å². The Hall–Kier alpha value is -0.510. The first-order valence-electron chi connectivity index (χ1n) is 5.57. The summed E-state index contributed by atoms with van der Waals surface area (Å²) in [6.07, 6.45) is 3.46. The molecule has 0 spiro atoms. The lowest BCUT2D eigenvalue weighted by atomic mass is 9.91.